The molecule has 0 aromatic carbocycles. The zero-order valence-corrected chi connectivity index (χ0v) is 13.3. The summed E-state index contributed by atoms with van der Waals surface area (Å²) in [4.78, 5) is 16.1. The molecule has 0 radical (unpaired) electrons. The molecule has 1 amide bonds. The lowest BCUT2D eigenvalue weighted by Crippen LogP contribution is -2.49. The number of hydrogen-bond acceptors (Lipinski definition) is 3. The maximum Gasteiger partial charge on any atom is 0.225 e. The molecule has 0 atom stereocenters. The highest BCUT2D eigenvalue weighted by atomic mass is 32.1. The molecule has 0 unspecified atom stereocenters. The predicted octanol–water partition coefficient (Wildman–Crippen LogP) is 3.33. The van der Waals surface area contributed by atoms with Gasteiger partial charge in [-0.05, 0) is 49.1 Å². The molecule has 0 bridgehead atoms. The third kappa shape index (κ3) is 2.33. The van der Waals surface area contributed by atoms with E-state index in [9.17, 15) is 4.79 Å². The van der Waals surface area contributed by atoms with Crippen LogP contribution in [0.4, 0.5) is 0 Å². The summed E-state index contributed by atoms with van der Waals surface area (Å²) < 4.78 is 6.22. The lowest BCUT2D eigenvalue weighted by Gasteiger charge is -2.44. The van der Waals surface area contributed by atoms with Crippen LogP contribution in [0.3, 0.4) is 0 Å². The number of rotatable bonds is 1. The molecule has 3 aliphatic rings. The molecule has 4 heteroatoms. The van der Waals surface area contributed by atoms with Gasteiger partial charge >= 0.3 is 0 Å². The van der Waals surface area contributed by atoms with Crippen LogP contribution in [0.1, 0.15) is 49.0 Å². The third-order valence-corrected chi connectivity index (χ3v) is 6.64. The predicted molar refractivity (Wildman–Crippen MR) is 83.4 cm³/mol. The normalized spacial score (nSPS) is 25.2. The summed E-state index contributed by atoms with van der Waals surface area (Å²) in [6.07, 6.45) is 7.66. The Morgan fingerprint density at radius 2 is 2.05 bits per heavy atom. The molecule has 2 aliphatic heterocycles. The van der Waals surface area contributed by atoms with E-state index in [0.717, 1.165) is 51.8 Å². The first kappa shape index (κ1) is 13.8. The molecule has 3 heterocycles. The molecule has 114 valence electrons. The first-order valence-electron chi connectivity index (χ1n) is 8.28. The summed E-state index contributed by atoms with van der Waals surface area (Å²) in [6.45, 7) is 2.57. The summed E-state index contributed by atoms with van der Waals surface area (Å²) in [5, 5.41) is 2.19. The van der Waals surface area contributed by atoms with Crippen LogP contribution in [0.5, 0.6) is 0 Å². The van der Waals surface area contributed by atoms with Crippen LogP contribution in [0.25, 0.3) is 0 Å². The topological polar surface area (TPSA) is 29.5 Å². The van der Waals surface area contributed by atoms with Gasteiger partial charge in [-0.3, -0.25) is 4.79 Å². The molecular formula is C17H23NO2S. The quantitative estimate of drug-likeness (QED) is 0.796. The number of piperidine rings is 1. The van der Waals surface area contributed by atoms with Crippen molar-refractivity contribution in [3.63, 3.8) is 0 Å². The highest BCUT2D eigenvalue weighted by molar-refractivity contribution is 7.10. The van der Waals surface area contributed by atoms with Gasteiger partial charge in [0.05, 0.1) is 6.61 Å². The summed E-state index contributed by atoms with van der Waals surface area (Å²) in [5.74, 6) is 0.716. The van der Waals surface area contributed by atoms with Crippen molar-refractivity contribution in [2.75, 3.05) is 19.7 Å². The van der Waals surface area contributed by atoms with Crippen LogP contribution in [-0.4, -0.2) is 30.5 Å². The van der Waals surface area contributed by atoms with Crippen LogP contribution < -0.4 is 0 Å². The van der Waals surface area contributed by atoms with Gasteiger partial charge in [0.15, 0.2) is 0 Å². The Balaban J connectivity index is 1.47. The lowest BCUT2D eigenvalue weighted by atomic mass is 9.85. The van der Waals surface area contributed by atoms with Gasteiger partial charge in [-0.2, -0.15) is 0 Å². The van der Waals surface area contributed by atoms with E-state index < -0.39 is 0 Å². The minimum atomic E-state index is -0.0891. The van der Waals surface area contributed by atoms with E-state index in [-0.39, 0.29) is 5.60 Å². The van der Waals surface area contributed by atoms with Crippen molar-refractivity contribution >= 4 is 17.2 Å². The second kappa shape index (κ2) is 5.40. The molecule has 1 saturated carbocycles. The molecule has 4 rings (SSSR count). The van der Waals surface area contributed by atoms with Crippen molar-refractivity contribution in [2.45, 2.75) is 50.5 Å². The van der Waals surface area contributed by atoms with Crippen LogP contribution in [0.2, 0.25) is 0 Å². The average Bonchev–Trinajstić information content (AvgIpc) is 3.19. The van der Waals surface area contributed by atoms with Crippen molar-refractivity contribution < 1.29 is 9.53 Å². The minimum absolute atomic E-state index is 0.0891. The first-order chi connectivity index (χ1) is 10.3. The van der Waals surface area contributed by atoms with Gasteiger partial charge < -0.3 is 9.64 Å². The number of fused-ring (bicyclic) bond motifs is 2. The monoisotopic (exact) mass is 305 g/mol. The van der Waals surface area contributed by atoms with Crippen molar-refractivity contribution in [3.8, 4) is 0 Å². The maximum absolute atomic E-state index is 12.6. The number of likely N-dealkylation sites (tertiary alicyclic amines) is 1. The molecule has 2 fully saturated rings. The standard InChI is InChI=1S/C17H23NO2S/c19-16(14-3-1-2-4-14)18-9-7-17(8-10-18)15-13(5-11-20-17)6-12-21-15/h6,12,14H,1-5,7-11H2. The molecule has 21 heavy (non-hydrogen) atoms. The number of carbonyl (C=O) groups excluding carboxylic acids is 1. The second-order valence-corrected chi connectivity index (χ2v) is 7.59. The number of thiophene rings is 1. The number of carbonyl (C=O) groups is 1. The Morgan fingerprint density at radius 1 is 1.29 bits per heavy atom. The lowest BCUT2D eigenvalue weighted by molar-refractivity contribution is -0.144. The molecule has 1 aromatic heterocycles. The van der Waals surface area contributed by atoms with Crippen LogP contribution in [0.15, 0.2) is 11.4 Å². The fourth-order valence-corrected chi connectivity index (χ4v) is 5.41. The van der Waals surface area contributed by atoms with E-state index in [1.165, 1.54) is 23.3 Å². The summed E-state index contributed by atoms with van der Waals surface area (Å²) in [5.41, 5.74) is 1.38. The van der Waals surface area contributed by atoms with Crippen molar-refractivity contribution in [1.29, 1.82) is 0 Å². The van der Waals surface area contributed by atoms with E-state index in [0.29, 0.717) is 11.8 Å². The highest BCUT2D eigenvalue weighted by Gasteiger charge is 2.43. The molecule has 3 nitrogen and oxygen atoms in total. The average molecular weight is 305 g/mol. The van der Waals surface area contributed by atoms with Gasteiger partial charge in [0, 0.05) is 23.9 Å². The Kier molecular flexibility index (Phi) is 3.54. The first-order valence-corrected chi connectivity index (χ1v) is 9.16. The molecule has 1 aromatic rings. The van der Waals surface area contributed by atoms with Gasteiger partial charge in [-0.15, -0.1) is 11.3 Å². The fourth-order valence-electron chi connectivity index (χ4n) is 4.25. The number of hydrogen-bond donors (Lipinski definition) is 0. The molecule has 0 N–H and O–H groups in total. The molecule has 1 spiro atoms. The smallest absolute Gasteiger partial charge is 0.225 e. The molecule has 1 aliphatic carbocycles. The third-order valence-electron chi connectivity index (χ3n) is 5.50. The highest BCUT2D eigenvalue weighted by Crippen LogP contribution is 2.44. The van der Waals surface area contributed by atoms with Gasteiger partial charge in [-0.25, -0.2) is 0 Å². The van der Waals surface area contributed by atoms with Gasteiger partial charge in [0.1, 0.15) is 5.60 Å². The van der Waals surface area contributed by atoms with E-state index >= 15 is 0 Å². The minimum Gasteiger partial charge on any atom is -0.369 e. The van der Waals surface area contributed by atoms with Crippen LogP contribution in [-0.2, 0) is 21.6 Å². The van der Waals surface area contributed by atoms with E-state index in [2.05, 4.69) is 16.3 Å². The van der Waals surface area contributed by atoms with Gasteiger partial charge in [0.2, 0.25) is 5.91 Å². The SMILES string of the molecule is O=C(C1CCCC1)N1CCC2(CC1)OCCc1ccsc12. The Morgan fingerprint density at radius 3 is 2.81 bits per heavy atom. The molecular weight excluding hydrogens is 282 g/mol. The zero-order valence-electron chi connectivity index (χ0n) is 12.5. The fraction of sp³-hybridized carbons (Fsp3) is 0.706. The van der Waals surface area contributed by atoms with E-state index in [1.807, 2.05) is 11.3 Å². The number of nitrogens with zero attached hydrogens (tertiary/aromatic N) is 1. The van der Waals surface area contributed by atoms with Crippen molar-refractivity contribution in [1.82, 2.24) is 4.90 Å². The van der Waals surface area contributed by atoms with Crippen LogP contribution >= 0.6 is 11.3 Å². The van der Waals surface area contributed by atoms with E-state index in [4.69, 9.17) is 4.74 Å². The number of ether oxygens (including phenoxy) is 1. The van der Waals surface area contributed by atoms with E-state index in [1.54, 1.807) is 0 Å². The summed E-state index contributed by atoms with van der Waals surface area (Å²) in [6, 6.07) is 2.25. The zero-order chi connectivity index (χ0) is 14.3. The van der Waals surface area contributed by atoms with Crippen molar-refractivity contribution in [2.24, 2.45) is 5.92 Å². The van der Waals surface area contributed by atoms with Gasteiger partial charge in [-0.1, -0.05) is 12.8 Å². The Bertz CT molecular complexity index is 525. The van der Waals surface area contributed by atoms with Crippen molar-refractivity contribution in [3.05, 3.63) is 21.9 Å². The summed E-state index contributed by atoms with van der Waals surface area (Å²) in [7, 11) is 0. The second-order valence-electron chi connectivity index (χ2n) is 6.67. The largest absolute Gasteiger partial charge is 0.369 e. The maximum atomic E-state index is 12.6. The Hall–Kier alpha value is -0.870. The van der Waals surface area contributed by atoms with Gasteiger partial charge in [0.25, 0.3) is 0 Å². The Labute approximate surface area is 130 Å². The van der Waals surface area contributed by atoms with Crippen LogP contribution in [0, 0.1) is 5.92 Å². The number of amides is 1. The summed E-state index contributed by atoms with van der Waals surface area (Å²) >= 11 is 1.84. The molecule has 1 saturated heterocycles.